The van der Waals surface area contributed by atoms with Gasteiger partial charge in [0.1, 0.15) is 0 Å². The van der Waals surface area contributed by atoms with Crippen LogP contribution in [0.15, 0.2) is 30.3 Å². The molecule has 7 heteroatoms. The van der Waals surface area contributed by atoms with E-state index in [1.807, 2.05) is 44.2 Å². The molecule has 1 aromatic carbocycles. The van der Waals surface area contributed by atoms with Crippen molar-refractivity contribution in [2.24, 2.45) is 5.92 Å². The second-order valence-corrected chi connectivity index (χ2v) is 6.66. The van der Waals surface area contributed by atoms with Crippen LogP contribution in [-0.4, -0.2) is 60.4 Å². The van der Waals surface area contributed by atoms with Crippen molar-refractivity contribution in [2.45, 2.75) is 33.1 Å². The standard InChI is InChI=1S/C20H30N4O3/c1-3-23(4-2)18(25)10-13-21-20(27)24-14-11-16(12-15-24)19(26)22-17-8-6-5-7-9-17/h5-9,16H,3-4,10-15H2,1-2H3,(H,21,27)(H,22,26). The first-order chi connectivity index (χ1) is 13.0. The Hall–Kier alpha value is -2.57. The Kier molecular flexibility index (Phi) is 8.10. The number of hydrogen-bond acceptors (Lipinski definition) is 3. The summed E-state index contributed by atoms with van der Waals surface area (Å²) < 4.78 is 0. The van der Waals surface area contributed by atoms with Gasteiger partial charge in [-0.15, -0.1) is 0 Å². The molecule has 2 rings (SSSR count). The maximum Gasteiger partial charge on any atom is 0.317 e. The zero-order chi connectivity index (χ0) is 19.6. The first kappa shape index (κ1) is 20.7. The molecular weight excluding hydrogens is 344 g/mol. The predicted molar refractivity (Wildman–Crippen MR) is 105 cm³/mol. The van der Waals surface area contributed by atoms with Crippen LogP contribution in [0, 0.1) is 5.92 Å². The molecule has 7 nitrogen and oxygen atoms in total. The number of piperidine rings is 1. The summed E-state index contributed by atoms with van der Waals surface area (Å²) in [6, 6.07) is 9.23. The maximum atomic E-state index is 12.3. The van der Waals surface area contributed by atoms with E-state index in [0.29, 0.717) is 52.0 Å². The molecule has 0 radical (unpaired) electrons. The van der Waals surface area contributed by atoms with Gasteiger partial charge in [0.05, 0.1) is 0 Å². The molecule has 1 heterocycles. The van der Waals surface area contributed by atoms with Crippen molar-refractivity contribution >= 4 is 23.5 Å². The lowest BCUT2D eigenvalue weighted by molar-refractivity contribution is -0.130. The average molecular weight is 374 g/mol. The molecule has 1 aromatic rings. The van der Waals surface area contributed by atoms with E-state index in [0.717, 1.165) is 5.69 Å². The minimum Gasteiger partial charge on any atom is -0.343 e. The number of nitrogens with one attached hydrogen (secondary N) is 2. The zero-order valence-electron chi connectivity index (χ0n) is 16.2. The summed E-state index contributed by atoms with van der Waals surface area (Å²) in [5, 5.41) is 5.73. The van der Waals surface area contributed by atoms with Crippen LogP contribution in [0.1, 0.15) is 33.1 Å². The number of urea groups is 1. The molecule has 1 aliphatic rings. The van der Waals surface area contributed by atoms with Crippen LogP contribution in [0.2, 0.25) is 0 Å². The van der Waals surface area contributed by atoms with Crippen LogP contribution in [0.25, 0.3) is 0 Å². The van der Waals surface area contributed by atoms with Crippen molar-refractivity contribution in [1.29, 1.82) is 0 Å². The van der Waals surface area contributed by atoms with Gasteiger partial charge in [-0.1, -0.05) is 18.2 Å². The molecule has 0 aliphatic carbocycles. The Morgan fingerprint density at radius 3 is 2.30 bits per heavy atom. The van der Waals surface area contributed by atoms with Crippen LogP contribution < -0.4 is 10.6 Å². The Morgan fingerprint density at radius 2 is 1.70 bits per heavy atom. The van der Waals surface area contributed by atoms with Gasteiger partial charge in [0, 0.05) is 50.7 Å². The first-order valence-electron chi connectivity index (χ1n) is 9.71. The van der Waals surface area contributed by atoms with Gasteiger partial charge in [0.25, 0.3) is 0 Å². The summed E-state index contributed by atoms with van der Waals surface area (Å²) in [5.41, 5.74) is 0.792. The summed E-state index contributed by atoms with van der Waals surface area (Å²) in [6.07, 6.45) is 1.60. The predicted octanol–water partition coefficient (Wildman–Crippen LogP) is 2.31. The number of hydrogen-bond donors (Lipinski definition) is 2. The number of carbonyl (C=O) groups is 3. The fraction of sp³-hybridized carbons (Fsp3) is 0.550. The van der Waals surface area contributed by atoms with Crippen LogP contribution in [0.3, 0.4) is 0 Å². The van der Waals surface area contributed by atoms with Crippen LogP contribution in [0.5, 0.6) is 0 Å². The largest absolute Gasteiger partial charge is 0.343 e. The molecule has 0 spiro atoms. The molecule has 4 amide bonds. The van der Waals surface area contributed by atoms with Gasteiger partial charge in [-0.05, 0) is 38.8 Å². The molecule has 0 saturated carbocycles. The van der Waals surface area contributed by atoms with Gasteiger partial charge in [-0.2, -0.15) is 0 Å². The number of amides is 4. The summed E-state index contributed by atoms with van der Waals surface area (Å²) in [4.78, 5) is 40.0. The van der Waals surface area contributed by atoms with E-state index in [4.69, 9.17) is 0 Å². The van der Waals surface area contributed by atoms with Crippen molar-refractivity contribution in [3.63, 3.8) is 0 Å². The second-order valence-electron chi connectivity index (χ2n) is 6.66. The molecule has 148 valence electrons. The Morgan fingerprint density at radius 1 is 1.07 bits per heavy atom. The monoisotopic (exact) mass is 374 g/mol. The van der Waals surface area contributed by atoms with E-state index in [1.54, 1.807) is 9.80 Å². The molecule has 1 aliphatic heterocycles. The van der Waals surface area contributed by atoms with Crippen molar-refractivity contribution in [3.8, 4) is 0 Å². The lowest BCUT2D eigenvalue weighted by Crippen LogP contribution is -2.46. The van der Waals surface area contributed by atoms with Gasteiger partial charge >= 0.3 is 6.03 Å². The fourth-order valence-electron chi connectivity index (χ4n) is 3.23. The van der Waals surface area contributed by atoms with Crippen molar-refractivity contribution in [1.82, 2.24) is 15.1 Å². The van der Waals surface area contributed by atoms with Crippen LogP contribution in [-0.2, 0) is 9.59 Å². The highest BCUT2D eigenvalue weighted by Crippen LogP contribution is 2.19. The molecule has 0 aromatic heterocycles. The van der Waals surface area contributed by atoms with Gasteiger partial charge in [0.15, 0.2) is 0 Å². The minimum absolute atomic E-state index is 0.00563. The van der Waals surface area contributed by atoms with Crippen LogP contribution in [0.4, 0.5) is 10.5 Å². The third-order valence-electron chi connectivity index (χ3n) is 4.93. The van der Waals surface area contributed by atoms with Crippen molar-refractivity contribution in [2.75, 3.05) is 38.0 Å². The molecule has 1 saturated heterocycles. The molecule has 1 fully saturated rings. The Bertz CT molecular complexity index is 623. The third kappa shape index (κ3) is 6.27. The molecular formula is C20H30N4O3. The van der Waals surface area contributed by atoms with Crippen molar-refractivity contribution in [3.05, 3.63) is 30.3 Å². The number of para-hydroxylation sites is 1. The second kappa shape index (κ2) is 10.5. The number of carbonyl (C=O) groups excluding carboxylic acids is 3. The fourth-order valence-corrected chi connectivity index (χ4v) is 3.23. The third-order valence-corrected chi connectivity index (χ3v) is 4.93. The maximum absolute atomic E-state index is 12.3. The Labute approximate surface area is 161 Å². The van der Waals surface area contributed by atoms with E-state index in [2.05, 4.69) is 10.6 Å². The van der Waals surface area contributed by atoms with E-state index < -0.39 is 0 Å². The van der Waals surface area contributed by atoms with Crippen LogP contribution >= 0.6 is 0 Å². The number of rotatable bonds is 7. The molecule has 0 atom stereocenters. The minimum atomic E-state index is -0.163. The number of nitrogens with zero attached hydrogens (tertiary/aromatic N) is 2. The highest BCUT2D eigenvalue weighted by atomic mass is 16.2. The molecule has 0 unspecified atom stereocenters. The number of benzene rings is 1. The topological polar surface area (TPSA) is 81.8 Å². The highest BCUT2D eigenvalue weighted by Gasteiger charge is 2.27. The van der Waals surface area contributed by atoms with Gasteiger partial charge in [0.2, 0.25) is 11.8 Å². The van der Waals surface area contributed by atoms with Gasteiger partial charge < -0.3 is 20.4 Å². The van der Waals surface area contributed by atoms with E-state index in [1.165, 1.54) is 0 Å². The molecule has 0 bridgehead atoms. The summed E-state index contributed by atoms with van der Waals surface area (Å²) in [6.45, 7) is 6.67. The zero-order valence-corrected chi connectivity index (χ0v) is 16.2. The average Bonchev–Trinajstić information content (AvgIpc) is 2.69. The smallest absolute Gasteiger partial charge is 0.317 e. The Balaban J connectivity index is 1.69. The summed E-state index contributed by atoms with van der Waals surface area (Å²) in [5.74, 6) is -0.0267. The lowest BCUT2D eigenvalue weighted by Gasteiger charge is -2.31. The van der Waals surface area contributed by atoms with E-state index in [9.17, 15) is 14.4 Å². The number of likely N-dealkylation sites (tertiary alicyclic amines) is 1. The van der Waals surface area contributed by atoms with E-state index >= 15 is 0 Å². The normalized spacial score (nSPS) is 14.5. The SMILES string of the molecule is CCN(CC)C(=O)CCNC(=O)N1CCC(C(=O)Nc2ccccc2)CC1. The molecule has 27 heavy (non-hydrogen) atoms. The lowest BCUT2D eigenvalue weighted by atomic mass is 9.96. The van der Waals surface area contributed by atoms with Crippen molar-refractivity contribution < 1.29 is 14.4 Å². The highest BCUT2D eigenvalue weighted by molar-refractivity contribution is 5.92. The van der Waals surface area contributed by atoms with Gasteiger partial charge in [-0.3, -0.25) is 9.59 Å². The summed E-state index contributed by atoms with van der Waals surface area (Å²) in [7, 11) is 0. The number of anilines is 1. The first-order valence-corrected chi connectivity index (χ1v) is 9.71. The van der Waals surface area contributed by atoms with E-state index in [-0.39, 0.29) is 23.8 Å². The quantitative estimate of drug-likeness (QED) is 0.768. The molecule has 2 N–H and O–H groups in total. The van der Waals surface area contributed by atoms with Gasteiger partial charge in [-0.25, -0.2) is 4.79 Å². The summed E-state index contributed by atoms with van der Waals surface area (Å²) >= 11 is 0.